The van der Waals surface area contributed by atoms with Gasteiger partial charge in [-0.05, 0) is 19.3 Å². The van der Waals surface area contributed by atoms with E-state index in [0.29, 0.717) is 43.5 Å². The summed E-state index contributed by atoms with van der Waals surface area (Å²) in [6.07, 6.45) is 2.41. The Hall–Kier alpha value is -0.310. The summed E-state index contributed by atoms with van der Waals surface area (Å²) < 4.78 is 34.0. The minimum atomic E-state index is -4.63. The highest BCUT2D eigenvalue weighted by Gasteiger charge is 2.13. The van der Waals surface area contributed by atoms with Crippen molar-refractivity contribution in [3.63, 3.8) is 0 Å². The maximum Gasteiger partial charge on any atom is 0.306 e. The number of hydrogen-bond donors (Lipinski definition) is 1. The number of unbranched alkanes of at least 4 members (excludes halogenated alkanes) is 1. The Labute approximate surface area is 99.5 Å². The Morgan fingerprint density at radius 3 is 2.56 bits per heavy atom. The van der Waals surface area contributed by atoms with Crippen molar-refractivity contribution in [1.29, 1.82) is 0 Å². The zero-order valence-corrected chi connectivity index (χ0v) is 10.6. The molecule has 1 atom stereocenters. The molecule has 16 heavy (non-hydrogen) atoms. The molecule has 96 valence electrons. The molecule has 0 aromatic carbocycles. The van der Waals surface area contributed by atoms with Crippen LogP contribution in [0, 0.1) is 5.92 Å². The van der Waals surface area contributed by atoms with E-state index in [1.807, 2.05) is 0 Å². The molecule has 0 aromatic rings. The Bertz CT molecular complexity index is 300. The van der Waals surface area contributed by atoms with E-state index in [1.165, 1.54) is 0 Å². The molecule has 0 aromatic heterocycles. The predicted molar refractivity (Wildman–Crippen MR) is 58.5 cm³/mol. The normalized spacial score (nSPS) is 13.6. The van der Waals surface area contributed by atoms with Gasteiger partial charge in [0.25, 0.3) is 0 Å². The molecule has 0 fully saturated rings. The van der Waals surface area contributed by atoms with E-state index in [4.69, 9.17) is 5.11 Å². The van der Waals surface area contributed by atoms with Gasteiger partial charge in [-0.25, -0.2) is 12.0 Å². The fourth-order valence-electron chi connectivity index (χ4n) is 1.15. The van der Waals surface area contributed by atoms with Gasteiger partial charge in [-0.3, -0.25) is 4.79 Å². The molecule has 8 heteroatoms. The molecular weight excluding hydrogens is 256 g/mol. The average molecular weight is 271 g/mol. The Kier molecular flexibility index (Phi) is 7.73. The summed E-state index contributed by atoms with van der Waals surface area (Å²) in [5.74, 6) is -0.806. The van der Waals surface area contributed by atoms with Crippen LogP contribution in [0.1, 0.15) is 32.6 Å². The minimum Gasteiger partial charge on any atom is -0.725 e. The lowest BCUT2D eigenvalue weighted by atomic mass is 10.00. The molecule has 0 bridgehead atoms. The standard InChI is InChI=1S/C8H16O6S2/c1-2-7(8(9)10)5-3-4-6-15-14-16(11,12)13/h7H,2-6H2,1H3,(H,9,10)(H,11,12,13)/p-1. The smallest absolute Gasteiger partial charge is 0.306 e. The molecule has 0 saturated carbocycles. The molecule has 1 unspecified atom stereocenters. The first-order valence-corrected chi connectivity index (χ1v) is 7.11. The number of carboxylic acid groups (broad SMARTS) is 1. The minimum absolute atomic E-state index is 0.353. The van der Waals surface area contributed by atoms with Crippen molar-refractivity contribution >= 4 is 28.4 Å². The maximum absolute atomic E-state index is 10.6. The second-order valence-electron chi connectivity index (χ2n) is 3.24. The van der Waals surface area contributed by atoms with Crippen LogP contribution >= 0.6 is 12.0 Å². The monoisotopic (exact) mass is 271 g/mol. The molecule has 0 aliphatic heterocycles. The van der Waals surface area contributed by atoms with Crippen LogP contribution < -0.4 is 0 Å². The van der Waals surface area contributed by atoms with Crippen molar-refractivity contribution in [1.82, 2.24) is 0 Å². The van der Waals surface area contributed by atoms with Crippen LogP contribution in [0.4, 0.5) is 0 Å². The van der Waals surface area contributed by atoms with Gasteiger partial charge in [-0.15, -0.1) is 0 Å². The SMILES string of the molecule is CCC(CCCCSOS(=O)(=O)[O-])C(=O)O. The second-order valence-corrected chi connectivity index (χ2v) is 5.24. The molecule has 0 aliphatic carbocycles. The fourth-order valence-corrected chi connectivity index (χ4v) is 2.21. The third-order valence-corrected chi connectivity index (χ3v) is 3.51. The Balaban J connectivity index is 3.50. The summed E-state index contributed by atoms with van der Waals surface area (Å²) in [7, 11) is -4.63. The first-order chi connectivity index (χ1) is 7.37. The van der Waals surface area contributed by atoms with Gasteiger partial charge in [0.15, 0.2) is 0 Å². The van der Waals surface area contributed by atoms with E-state index in [0.717, 1.165) is 0 Å². The van der Waals surface area contributed by atoms with E-state index in [-0.39, 0.29) is 5.92 Å². The zero-order chi connectivity index (χ0) is 12.6. The molecular formula is C8H15O6S2-. The first kappa shape index (κ1) is 15.7. The second kappa shape index (κ2) is 7.88. The average Bonchev–Trinajstić information content (AvgIpc) is 2.14. The van der Waals surface area contributed by atoms with Crippen LogP contribution in [0.3, 0.4) is 0 Å². The maximum atomic E-state index is 10.6. The van der Waals surface area contributed by atoms with Gasteiger partial charge in [0.2, 0.25) is 10.4 Å². The molecule has 1 N–H and O–H groups in total. The highest BCUT2D eigenvalue weighted by atomic mass is 32.3. The third-order valence-electron chi connectivity index (χ3n) is 2.00. The van der Waals surface area contributed by atoms with Crippen molar-refractivity contribution in [2.45, 2.75) is 32.6 Å². The third kappa shape index (κ3) is 8.96. The van der Waals surface area contributed by atoms with E-state index in [9.17, 15) is 17.8 Å². The van der Waals surface area contributed by atoms with E-state index < -0.39 is 16.4 Å². The van der Waals surface area contributed by atoms with Crippen LogP contribution in [-0.2, 0) is 18.8 Å². The van der Waals surface area contributed by atoms with E-state index in [2.05, 4.69) is 3.63 Å². The van der Waals surface area contributed by atoms with Crippen molar-refractivity contribution in [2.75, 3.05) is 5.75 Å². The highest BCUT2D eigenvalue weighted by Crippen LogP contribution is 2.15. The Morgan fingerprint density at radius 1 is 1.50 bits per heavy atom. The molecule has 0 saturated heterocycles. The molecule has 0 radical (unpaired) electrons. The lowest BCUT2D eigenvalue weighted by molar-refractivity contribution is -0.142. The lowest BCUT2D eigenvalue weighted by Crippen LogP contribution is -2.12. The fraction of sp³-hybridized carbons (Fsp3) is 0.875. The van der Waals surface area contributed by atoms with Crippen LogP contribution in [0.2, 0.25) is 0 Å². The molecule has 0 rings (SSSR count). The van der Waals surface area contributed by atoms with Crippen LogP contribution in [0.5, 0.6) is 0 Å². The molecule has 0 aliphatic rings. The number of carboxylic acids is 1. The zero-order valence-electron chi connectivity index (χ0n) is 8.92. The van der Waals surface area contributed by atoms with Crippen LogP contribution in [0.15, 0.2) is 0 Å². The number of hydrogen-bond acceptors (Lipinski definition) is 6. The van der Waals surface area contributed by atoms with E-state index >= 15 is 0 Å². The number of aliphatic carboxylic acids is 1. The van der Waals surface area contributed by atoms with Crippen molar-refractivity contribution < 1.29 is 26.5 Å². The number of carbonyl (C=O) groups is 1. The molecule has 6 nitrogen and oxygen atoms in total. The van der Waals surface area contributed by atoms with Gasteiger partial charge >= 0.3 is 5.97 Å². The van der Waals surface area contributed by atoms with Crippen LogP contribution in [-0.4, -0.2) is 29.8 Å². The number of rotatable bonds is 9. The molecule has 0 spiro atoms. The highest BCUT2D eigenvalue weighted by molar-refractivity contribution is 8.02. The largest absolute Gasteiger partial charge is 0.725 e. The van der Waals surface area contributed by atoms with Gasteiger partial charge in [-0.2, -0.15) is 0 Å². The van der Waals surface area contributed by atoms with Crippen molar-refractivity contribution in [2.24, 2.45) is 5.92 Å². The lowest BCUT2D eigenvalue weighted by Gasteiger charge is -2.09. The summed E-state index contributed by atoms with van der Waals surface area (Å²) >= 11 is 0.580. The van der Waals surface area contributed by atoms with Gasteiger partial charge in [-0.1, -0.05) is 13.3 Å². The topological polar surface area (TPSA) is 104 Å². The van der Waals surface area contributed by atoms with Crippen molar-refractivity contribution in [3.8, 4) is 0 Å². The van der Waals surface area contributed by atoms with Crippen molar-refractivity contribution in [3.05, 3.63) is 0 Å². The molecule has 0 amide bonds. The first-order valence-electron chi connectivity index (χ1n) is 4.86. The molecule has 0 heterocycles. The summed E-state index contributed by atoms with van der Waals surface area (Å²) in [4.78, 5) is 10.6. The van der Waals surface area contributed by atoms with Gasteiger partial charge in [0, 0.05) is 17.8 Å². The van der Waals surface area contributed by atoms with Gasteiger partial charge < -0.3 is 9.66 Å². The van der Waals surface area contributed by atoms with Gasteiger partial charge in [0.1, 0.15) is 0 Å². The Morgan fingerprint density at radius 2 is 2.12 bits per heavy atom. The van der Waals surface area contributed by atoms with E-state index in [1.54, 1.807) is 6.92 Å². The summed E-state index contributed by atoms with van der Waals surface area (Å²) in [6, 6.07) is 0. The van der Waals surface area contributed by atoms with Gasteiger partial charge in [0.05, 0.1) is 5.92 Å². The summed E-state index contributed by atoms with van der Waals surface area (Å²) in [5.41, 5.74) is 0. The summed E-state index contributed by atoms with van der Waals surface area (Å²) in [5, 5.41) is 8.73. The van der Waals surface area contributed by atoms with Crippen LogP contribution in [0.25, 0.3) is 0 Å². The summed E-state index contributed by atoms with van der Waals surface area (Å²) in [6.45, 7) is 1.81. The predicted octanol–water partition coefficient (Wildman–Crippen LogP) is 1.39. The quantitative estimate of drug-likeness (QED) is 0.292.